The lowest BCUT2D eigenvalue weighted by atomic mass is 10.2. The Morgan fingerprint density at radius 2 is 1.96 bits per heavy atom. The molecule has 0 unspecified atom stereocenters. The average Bonchev–Trinajstić information content (AvgIpc) is 3.16. The smallest absolute Gasteiger partial charge is 0.341 e. The summed E-state index contributed by atoms with van der Waals surface area (Å²) < 4.78 is 15.5. The van der Waals surface area contributed by atoms with Gasteiger partial charge in [-0.2, -0.15) is 0 Å². The van der Waals surface area contributed by atoms with E-state index in [0.717, 1.165) is 5.76 Å². The predicted molar refractivity (Wildman–Crippen MR) is 86.3 cm³/mol. The number of ether oxygens (including phenoxy) is 1. The quantitative estimate of drug-likeness (QED) is 0.722. The van der Waals surface area contributed by atoms with E-state index in [2.05, 4.69) is 0 Å². The molecule has 7 heteroatoms. The maximum atomic E-state index is 12.2. The number of aryl methyl sites for hydroxylation is 1. The van der Waals surface area contributed by atoms with Gasteiger partial charge < -0.3 is 18.5 Å². The molecule has 2 heterocycles. The van der Waals surface area contributed by atoms with Crippen LogP contribution in [0.2, 0.25) is 0 Å². The van der Waals surface area contributed by atoms with Crippen LogP contribution in [0.1, 0.15) is 27.6 Å². The zero-order valence-electron chi connectivity index (χ0n) is 14.4. The first-order valence-corrected chi connectivity index (χ1v) is 7.53. The number of hydrogen-bond acceptors (Lipinski definition) is 6. The van der Waals surface area contributed by atoms with Gasteiger partial charge in [0, 0.05) is 7.05 Å². The highest BCUT2D eigenvalue weighted by Crippen LogP contribution is 2.17. The maximum absolute atomic E-state index is 12.2. The van der Waals surface area contributed by atoms with E-state index in [1.807, 2.05) is 18.0 Å². The largest absolute Gasteiger partial charge is 0.467 e. The topological polar surface area (TPSA) is 76.1 Å². The van der Waals surface area contributed by atoms with E-state index in [4.69, 9.17) is 13.6 Å². The van der Waals surface area contributed by atoms with Crippen LogP contribution in [-0.4, -0.2) is 49.4 Å². The molecule has 24 heavy (non-hydrogen) atoms. The minimum atomic E-state index is -0.431. The first-order chi connectivity index (χ1) is 11.4. The van der Waals surface area contributed by atoms with Gasteiger partial charge in [0.25, 0.3) is 0 Å². The summed E-state index contributed by atoms with van der Waals surface area (Å²) in [4.78, 5) is 27.2. The van der Waals surface area contributed by atoms with Crippen molar-refractivity contribution < 1.29 is 23.2 Å². The number of carbonyl (C=O) groups excluding carboxylic acids is 2. The van der Waals surface area contributed by atoms with E-state index in [1.54, 1.807) is 37.3 Å². The van der Waals surface area contributed by atoms with E-state index in [9.17, 15) is 9.59 Å². The molecule has 0 aliphatic carbocycles. The second-order valence-corrected chi connectivity index (χ2v) is 5.68. The second-order valence-electron chi connectivity index (χ2n) is 5.68. The summed E-state index contributed by atoms with van der Waals surface area (Å²) in [6.07, 6.45) is 1.58. The molecule has 1 amide bonds. The third kappa shape index (κ3) is 4.48. The second kappa shape index (κ2) is 7.83. The van der Waals surface area contributed by atoms with E-state index >= 15 is 0 Å². The van der Waals surface area contributed by atoms with Crippen LogP contribution >= 0.6 is 0 Å². The molecule has 2 aromatic heterocycles. The van der Waals surface area contributed by atoms with Gasteiger partial charge >= 0.3 is 5.97 Å². The Kier molecular flexibility index (Phi) is 5.81. The van der Waals surface area contributed by atoms with Crippen molar-refractivity contribution in [2.75, 3.05) is 27.7 Å². The fraction of sp³-hybridized carbons (Fsp3) is 0.412. The summed E-state index contributed by atoms with van der Waals surface area (Å²) >= 11 is 0. The SMILES string of the molecule is COC(=O)c1cc(CN(C)CC(=O)N(C)Cc2ccco2)oc1C. The molecule has 0 aliphatic heterocycles. The minimum Gasteiger partial charge on any atom is -0.467 e. The van der Waals surface area contributed by atoms with Gasteiger partial charge in [0.05, 0.1) is 33.0 Å². The Morgan fingerprint density at radius 1 is 1.21 bits per heavy atom. The van der Waals surface area contributed by atoms with Gasteiger partial charge in [-0.3, -0.25) is 9.69 Å². The Morgan fingerprint density at radius 3 is 2.58 bits per heavy atom. The monoisotopic (exact) mass is 334 g/mol. The molecular formula is C17H22N2O5. The summed E-state index contributed by atoms with van der Waals surface area (Å²) in [5.41, 5.74) is 0.405. The molecule has 0 atom stereocenters. The zero-order valence-corrected chi connectivity index (χ0v) is 14.4. The Labute approximate surface area is 140 Å². The van der Waals surface area contributed by atoms with Crippen molar-refractivity contribution in [3.05, 3.63) is 47.3 Å². The molecule has 0 spiro atoms. The van der Waals surface area contributed by atoms with E-state index < -0.39 is 5.97 Å². The number of esters is 1. The number of rotatable bonds is 7. The van der Waals surface area contributed by atoms with E-state index in [1.165, 1.54) is 7.11 Å². The third-order valence-electron chi connectivity index (χ3n) is 3.60. The molecule has 0 N–H and O–H groups in total. The molecule has 0 radical (unpaired) electrons. The van der Waals surface area contributed by atoms with Crippen LogP contribution in [-0.2, 0) is 22.6 Å². The summed E-state index contributed by atoms with van der Waals surface area (Å²) in [5, 5.41) is 0. The molecule has 0 aromatic carbocycles. The van der Waals surface area contributed by atoms with Crippen molar-refractivity contribution in [2.45, 2.75) is 20.0 Å². The normalized spacial score (nSPS) is 10.9. The molecule has 0 saturated carbocycles. The fourth-order valence-corrected chi connectivity index (χ4v) is 2.33. The van der Waals surface area contributed by atoms with Crippen molar-refractivity contribution in [1.82, 2.24) is 9.80 Å². The van der Waals surface area contributed by atoms with Gasteiger partial charge in [-0.1, -0.05) is 0 Å². The molecule has 2 aromatic rings. The summed E-state index contributed by atoms with van der Waals surface area (Å²) in [6.45, 7) is 2.77. The number of furan rings is 2. The highest BCUT2D eigenvalue weighted by molar-refractivity contribution is 5.90. The lowest BCUT2D eigenvalue weighted by Gasteiger charge is -2.20. The number of methoxy groups -OCH3 is 1. The number of hydrogen-bond donors (Lipinski definition) is 0. The number of amides is 1. The molecule has 7 nitrogen and oxygen atoms in total. The van der Waals surface area contributed by atoms with Gasteiger partial charge in [0.2, 0.25) is 5.91 Å². The molecule has 0 saturated heterocycles. The van der Waals surface area contributed by atoms with Gasteiger partial charge in [-0.05, 0) is 32.2 Å². The summed E-state index contributed by atoms with van der Waals surface area (Å²) in [7, 11) is 4.87. The summed E-state index contributed by atoms with van der Waals surface area (Å²) in [6, 6.07) is 5.26. The van der Waals surface area contributed by atoms with Crippen LogP contribution in [0, 0.1) is 6.92 Å². The van der Waals surface area contributed by atoms with Crippen molar-refractivity contribution in [3.63, 3.8) is 0 Å². The number of nitrogens with zero attached hydrogens (tertiary/aromatic N) is 2. The molecule has 0 bridgehead atoms. The van der Waals surface area contributed by atoms with Crippen molar-refractivity contribution in [3.8, 4) is 0 Å². The molecule has 0 fully saturated rings. The first-order valence-electron chi connectivity index (χ1n) is 7.53. The molecule has 2 rings (SSSR count). The van der Waals surface area contributed by atoms with Crippen LogP contribution in [0.3, 0.4) is 0 Å². The van der Waals surface area contributed by atoms with Crippen LogP contribution in [0.5, 0.6) is 0 Å². The minimum absolute atomic E-state index is 0.0367. The zero-order chi connectivity index (χ0) is 17.7. The number of carbonyl (C=O) groups is 2. The van der Waals surface area contributed by atoms with Crippen molar-refractivity contribution in [1.29, 1.82) is 0 Å². The van der Waals surface area contributed by atoms with Crippen molar-refractivity contribution in [2.24, 2.45) is 0 Å². The highest BCUT2D eigenvalue weighted by Gasteiger charge is 2.18. The van der Waals surface area contributed by atoms with Crippen LogP contribution < -0.4 is 0 Å². The maximum Gasteiger partial charge on any atom is 0.341 e. The lowest BCUT2D eigenvalue weighted by molar-refractivity contribution is -0.131. The van der Waals surface area contributed by atoms with Crippen LogP contribution in [0.25, 0.3) is 0 Å². The molecular weight excluding hydrogens is 312 g/mol. The predicted octanol–water partition coefficient (Wildman–Crippen LogP) is 2.06. The Hall–Kier alpha value is -2.54. The van der Waals surface area contributed by atoms with Crippen molar-refractivity contribution >= 4 is 11.9 Å². The summed E-state index contributed by atoms with van der Waals surface area (Å²) in [5.74, 6) is 1.38. The highest BCUT2D eigenvalue weighted by atomic mass is 16.5. The molecule has 0 aliphatic rings. The Balaban J connectivity index is 1.89. The number of likely N-dealkylation sites (N-methyl/N-ethyl adjacent to an activating group) is 2. The first kappa shape index (κ1) is 17.8. The van der Waals surface area contributed by atoms with Crippen LogP contribution in [0.15, 0.2) is 33.3 Å². The van der Waals surface area contributed by atoms with Gasteiger partial charge in [-0.25, -0.2) is 4.79 Å². The van der Waals surface area contributed by atoms with Crippen LogP contribution in [0.4, 0.5) is 0 Å². The van der Waals surface area contributed by atoms with Gasteiger partial charge in [0.15, 0.2) is 0 Å². The van der Waals surface area contributed by atoms with E-state index in [-0.39, 0.29) is 12.5 Å². The average molecular weight is 334 g/mol. The standard InChI is InChI=1S/C17H22N2O5/c1-12-15(17(21)22-4)8-14(24-12)9-18(2)11-16(20)19(3)10-13-6-5-7-23-13/h5-8H,9-11H2,1-4H3. The van der Waals surface area contributed by atoms with Gasteiger partial charge in [0.1, 0.15) is 22.8 Å². The Bertz CT molecular complexity index is 690. The van der Waals surface area contributed by atoms with Gasteiger partial charge in [-0.15, -0.1) is 0 Å². The fourth-order valence-electron chi connectivity index (χ4n) is 2.33. The lowest BCUT2D eigenvalue weighted by Crippen LogP contribution is -2.35. The van der Waals surface area contributed by atoms with E-state index in [0.29, 0.717) is 30.2 Å². The third-order valence-corrected chi connectivity index (χ3v) is 3.60. The molecule has 130 valence electrons.